The van der Waals surface area contributed by atoms with Crippen LogP contribution in [0.3, 0.4) is 0 Å². The van der Waals surface area contributed by atoms with Crippen LogP contribution in [0.1, 0.15) is 6.92 Å². The first-order valence-electron chi connectivity index (χ1n) is 5.90. The molecule has 7 heteroatoms. The molecule has 1 N–H and O–H groups in total. The lowest BCUT2D eigenvalue weighted by atomic mass is 10.2. The zero-order valence-corrected chi connectivity index (χ0v) is 13.0. The third-order valence-corrected chi connectivity index (χ3v) is 3.41. The fourth-order valence-electron chi connectivity index (χ4n) is 1.56. The molecule has 0 aromatic heterocycles. The average molecular weight is 319 g/mol. The molecule has 1 rings (SSSR count). The maximum atomic E-state index is 11.9. The van der Waals surface area contributed by atoms with E-state index in [9.17, 15) is 9.59 Å². The smallest absolute Gasteiger partial charge is 0.321 e. The minimum absolute atomic E-state index is 0.250. The first kappa shape index (κ1) is 16.6. The lowest BCUT2D eigenvalue weighted by Gasteiger charge is -2.20. The summed E-state index contributed by atoms with van der Waals surface area (Å²) in [7, 11) is 2.90. The molecule has 110 valence electrons. The van der Waals surface area contributed by atoms with Gasteiger partial charge >= 0.3 is 12.0 Å². The molecule has 0 spiro atoms. The van der Waals surface area contributed by atoms with Crippen molar-refractivity contribution in [1.82, 2.24) is 4.90 Å². The van der Waals surface area contributed by atoms with E-state index in [2.05, 4.69) is 10.1 Å². The zero-order chi connectivity index (χ0) is 15.3. The van der Waals surface area contributed by atoms with Crippen molar-refractivity contribution < 1.29 is 14.3 Å². The molecule has 0 fully saturated rings. The number of rotatable bonds is 4. The van der Waals surface area contributed by atoms with Crippen LogP contribution in [0.25, 0.3) is 0 Å². The molecule has 0 saturated heterocycles. The van der Waals surface area contributed by atoms with Crippen molar-refractivity contribution in [3.8, 4) is 0 Å². The highest BCUT2D eigenvalue weighted by Crippen LogP contribution is 2.25. The van der Waals surface area contributed by atoms with Gasteiger partial charge in [-0.15, -0.1) is 0 Å². The Bertz CT molecular complexity index is 508. The van der Waals surface area contributed by atoms with Crippen molar-refractivity contribution in [2.45, 2.75) is 6.92 Å². The fraction of sp³-hybridized carbons (Fsp3) is 0.385. The van der Waals surface area contributed by atoms with E-state index in [1.54, 1.807) is 32.2 Å². The number of nitrogens with zero attached hydrogens (tertiary/aromatic N) is 1. The Kier molecular flexibility index (Phi) is 6.10. The lowest BCUT2D eigenvalue weighted by Crippen LogP contribution is -2.37. The highest BCUT2D eigenvalue weighted by atomic mass is 35.5. The van der Waals surface area contributed by atoms with Crippen molar-refractivity contribution in [3.63, 3.8) is 0 Å². The van der Waals surface area contributed by atoms with Gasteiger partial charge in [0.25, 0.3) is 0 Å². The zero-order valence-electron chi connectivity index (χ0n) is 11.4. The van der Waals surface area contributed by atoms with Crippen LogP contribution in [0.15, 0.2) is 18.2 Å². The van der Waals surface area contributed by atoms with E-state index < -0.39 is 5.92 Å². The van der Waals surface area contributed by atoms with Crippen LogP contribution in [0, 0.1) is 5.92 Å². The van der Waals surface area contributed by atoms with Crippen LogP contribution in [-0.2, 0) is 9.53 Å². The van der Waals surface area contributed by atoms with Gasteiger partial charge in [0, 0.05) is 19.3 Å². The molecular weight excluding hydrogens is 303 g/mol. The van der Waals surface area contributed by atoms with E-state index >= 15 is 0 Å². The van der Waals surface area contributed by atoms with Gasteiger partial charge < -0.3 is 15.0 Å². The number of ether oxygens (including phenoxy) is 1. The molecule has 1 unspecified atom stereocenters. The van der Waals surface area contributed by atoms with E-state index in [4.69, 9.17) is 23.2 Å². The van der Waals surface area contributed by atoms with Crippen LogP contribution >= 0.6 is 23.2 Å². The summed E-state index contributed by atoms with van der Waals surface area (Å²) in [5.41, 5.74) is 0.530. The highest BCUT2D eigenvalue weighted by Gasteiger charge is 2.18. The van der Waals surface area contributed by atoms with Crippen LogP contribution < -0.4 is 5.32 Å². The first-order chi connectivity index (χ1) is 9.35. The number of esters is 1. The summed E-state index contributed by atoms with van der Waals surface area (Å²) in [5, 5.41) is 3.43. The number of anilines is 1. The van der Waals surface area contributed by atoms with Gasteiger partial charge in [0.2, 0.25) is 0 Å². The van der Waals surface area contributed by atoms with Gasteiger partial charge in [-0.25, -0.2) is 4.79 Å². The molecule has 0 aliphatic carbocycles. The molecular formula is C13H16Cl2N2O3. The Morgan fingerprint density at radius 2 is 2.00 bits per heavy atom. The van der Waals surface area contributed by atoms with Crippen LogP contribution in [0.4, 0.5) is 10.5 Å². The highest BCUT2D eigenvalue weighted by molar-refractivity contribution is 6.42. The van der Waals surface area contributed by atoms with Crippen molar-refractivity contribution in [3.05, 3.63) is 28.2 Å². The molecule has 1 aromatic rings. The fourth-order valence-corrected chi connectivity index (χ4v) is 1.86. The molecule has 0 saturated carbocycles. The minimum atomic E-state index is -0.399. The predicted molar refractivity (Wildman–Crippen MR) is 79.3 cm³/mol. The standard InChI is InChI=1S/C13H16Cl2N2O3/c1-8(12(18)20-3)7-17(2)13(19)16-9-4-5-10(14)11(15)6-9/h4-6,8H,7H2,1-3H3,(H,16,19). The van der Waals surface area contributed by atoms with Gasteiger partial charge in [0.05, 0.1) is 23.1 Å². The number of carbonyl (C=O) groups is 2. The topological polar surface area (TPSA) is 58.6 Å². The van der Waals surface area contributed by atoms with Crippen molar-refractivity contribution in [2.75, 3.05) is 26.0 Å². The maximum absolute atomic E-state index is 11.9. The summed E-state index contributed by atoms with van der Waals surface area (Å²) < 4.78 is 4.61. The number of hydrogen-bond donors (Lipinski definition) is 1. The monoisotopic (exact) mass is 318 g/mol. The molecule has 0 aliphatic rings. The van der Waals surface area contributed by atoms with Gasteiger partial charge in [-0.2, -0.15) is 0 Å². The molecule has 0 radical (unpaired) electrons. The summed E-state index contributed by atoms with van der Waals surface area (Å²) in [6.45, 7) is 1.94. The number of amides is 2. The Balaban J connectivity index is 2.61. The Hall–Kier alpha value is -1.46. The number of methoxy groups -OCH3 is 1. The summed E-state index contributed by atoms with van der Waals surface area (Å²) in [6.07, 6.45) is 0. The summed E-state index contributed by atoms with van der Waals surface area (Å²) in [5.74, 6) is -0.760. The molecule has 1 aromatic carbocycles. The second kappa shape index (κ2) is 7.36. The van der Waals surface area contributed by atoms with E-state index in [1.807, 2.05) is 0 Å². The van der Waals surface area contributed by atoms with Gasteiger partial charge in [-0.3, -0.25) is 4.79 Å². The molecule has 0 heterocycles. The number of nitrogens with one attached hydrogen (secondary N) is 1. The average Bonchev–Trinajstić information content (AvgIpc) is 2.41. The van der Waals surface area contributed by atoms with E-state index in [0.717, 1.165) is 0 Å². The molecule has 0 bridgehead atoms. The normalized spacial score (nSPS) is 11.7. The van der Waals surface area contributed by atoms with Gasteiger partial charge in [-0.1, -0.05) is 30.1 Å². The first-order valence-corrected chi connectivity index (χ1v) is 6.65. The number of benzene rings is 1. The third-order valence-electron chi connectivity index (χ3n) is 2.67. The van der Waals surface area contributed by atoms with Crippen molar-refractivity contribution >= 4 is 40.9 Å². The van der Waals surface area contributed by atoms with E-state index in [-0.39, 0.29) is 18.5 Å². The largest absolute Gasteiger partial charge is 0.469 e. The van der Waals surface area contributed by atoms with Crippen molar-refractivity contribution in [2.24, 2.45) is 5.92 Å². The second-order valence-electron chi connectivity index (χ2n) is 4.36. The minimum Gasteiger partial charge on any atom is -0.469 e. The Labute approximate surface area is 127 Å². The van der Waals surface area contributed by atoms with E-state index in [0.29, 0.717) is 15.7 Å². The Morgan fingerprint density at radius 1 is 1.35 bits per heavy atom. The predicted octanol–water partition coefficient (Wildman–Crippen LogP) is 3.27. The molecule has 20 heavy (non-hydrogen) atoms. The van der Waals surface area contributed by atoms with Crippen LogP contribution in [-0.4, -0.2) is 37.6 Å². The summed E-state index contributed by atoms with van der Waals surface area (Å²) in [4.78, 5) is 24.6. The van der Waals surface area contributed by atoms with Crippen molar-refractivity contribution in [1.29, 1.82) is 0 Å². The molecule has 2 amide bonds. The number of halogens is 2. The van der Waals surface area contributed by atoms with Crippen LogP contribution in [0.2, 0.25) is 10.0 Å². The lowest BCUT2D eigenvalue weighted by molar-refractivity contribution is -0.145. The summed E-state index contributed by atoms with van der Waals surface area (Å²) in [6, 6.07) is 4.44. The molecule has 1 atom stereocenters. The second-order valence-corrected chi connectivity index (χ2v) is 5.18. The number of carbonyl (C=O) groups excluding carboxylic acids is 2. The maximum Gasteiger partial charge on any atom is 0.321 e. The summed E-state index contributed by atoms with van der Waals surface area (Å²) >= 11 is 11.7. The Morgan fingerprint density at radius 3 is 2.55 bits per heavy atom. The third kappa shape index (κ3) is 4.58. The van der Waals surface area contributed by atoms with Gasteiger partial charge in [-0.05, 0) is 18.2 Å². The molecule has 0 aliphatic heterocycles. The molecule has 5 nitrogen and oxygen atoms in total. The number of hydrogen-bond acceptors (Lipinski definition) is 3. The van der Waals surface area contributed by atoms with E-state index in [1.165, 1.54) is 12.0 Å². The number of urea groups is 1. The van der Waals surface area contributed by atoms with Crippen LogP contribution in [0.5, 0.6) is 0 Å². The van der Waals surface area contributed by atoms with Gasteiger partial charge in [0.15, 0.2) is 0 Å². The quantitative estimate of drug-likeness (QED) is 0.867. The SMILES string of the molecule is COC(=O)C(C)CN(C)C(=O)Nc1ccc(Cl)c(Cl)c1. The van der Waals surface area contributed by atoms with Gasteiger partial charge in [0.1, 0.15) is 0 Å².